The first-order chi connectivity index (χ1) is 15.5. The maximum Gasteiger partial charge on any atom is 0.158 e. The van der Waals surface area contributed by atoms with E-state index in [4.69, 9.17) is 18.9 Å². The standard InChI is InChI=1S/C26H44O6/c1-3-4-7-14-26(2,32-25-11-6-9-18-30-25)15-12-21-20(13-16-27)22(28)19-23(21)31-24-10-5-8-17-29-24/h12,15-16,20-25,28H,3-11,13-14,17-19H2,1-2H3/t20-,21-,22+,23-,24?,25?,26+/m1/s1. The molecule has 2 heterocycles. The molecular weight excluding hydrogens is 408 g/mol. The molecule has 2 aliphatic heterocycles. The van der Waals surface area contributed by atoms with Gasteiger partial charge in [-0.15, -0.1) is 0 Å². The second-order valence-corrected chi connectivity index (χ2v) is 9.96. The molecule has 3 fully saturated rings. The zero-order chi connectivity index (χ0) is 22.8. The van der Waals surface area contributed by atoms with E-state index in [0.29, 0.717) is 12.8 Å². The summed E-state index contributed by atoms with van der Waals surface area (Å²) in [5.74, 6) is -0.176. The largest absolute Gasteiger partial charge is 0.393 e. The number of aliphatic hydroxyl groups is 1. The SMILES string of the molecule is CCCCC[C@@](C)(C=C[C@@H]1[C@@H](CC=O)[C@@H](O)C[C@H]1OC1CCCCO1)OC1CCCCO1. The van der Waals surface area contributed by atoms with E-state index in [1.807, 2.05) is 0 Å². The first kappa shape index (κ1) is 25.8. The lowest BCUT2D eigenvalue weighted by atomic mass is 9.88. The van der Waals surface area contributed by atoms with Crippen molar-refractivity contribution in [1.29, 1.82) is 0 Å². The van der Waals surface area contributed by atoms with Gasteiger partial charge in [-0.2, -0.15) is 0 Å². The van der Waals surface area contributed by atoms with Crippen LogP contribution in [0.15, 0.2) is 12.2 Å². The molecule has 6 nitrogen and oxygen atoms in total. The molecule has 0 bridgehead atoms. The van der Waals surface area contributed by atoms with Gasteiger partial charge in [-0.25, -0.2) is 0 Å². The molecule has 184 valence electrons. The number of hydrogen-bond acceptors (Lipinski definition) is 6. The minimum atomic E-state index is -0.544. The van der Waals surface area contributed by atoms with Crippen LogP contribution in [0.1, 0.15) is 90.9 Å². The average Bonchev–Trinajstić information content (AvgIpc) is 3.08. The summed E-state index contributed by atoms with van der Waals surface area (Å²) in [6.07, 6.45) is 15.6. The van der Waals surface area contributed by atoms with Gasteiger partial charge < -0.3 is 28.8 Å². The van der Waals surface area contributed by atoms with Crippen LogP contribution in [0.5, 0.6) is 0 Å². The second-order valence-electron chi connectivity index (χ2n) is 9.96. The summed E-state index contributed by atoms with van der Waals surface area (Å²) >= 11 is 0. The van der Waals surface area contributed by atoms with E-state index in [1.54, 1.807) is 0 Å². The van der Waals surface area contributed by atoms with Crippen molar-refractivity contribution in [2.75, 3.05) is 13.2 Å². The molecule has 2 unspecified atom stereocenters. The number of rotatable bonds is 12. The Kier molecular flexibility index (Phi) is 10.6. The fourth-order valence-corrected chi connectivity index (χ4v) is 5.28. The maximum atomic E-state index is 11.3. The molecule has 0 aromatic carbocycles. The van der Waals surface area contributed by atoms with E-state index in [0.717, 1.165) is 77.3 Å². The van der Waals surface area contributed by atoms with Gasteiger partial charge in [0.25, 0.3) is 0 Å². The van der Waals surface area contributed by atoms with E-state index in [1.165, 1.54) is 6.42 Å². The quantitative estimate of drug-likeness (QED) is 0.257. The summed E-state index contributed by atoms with van der Waals surface area (Å²) in [5, 5.41) is 10.7. The van der Waals surface area contributed by atoms with Gasteiger partial charge in [0.2, 0.25) is 0 Å². The molecule has 1 aliphatic carbocycles. The van der Waals surface area contributed by atoms with Gasteiger partial charge in [0.1, 0.15) is 6.29 Å². The second kappa shape index (κ2) is 13.2. The topological polar surface area (TPSA) is 74.2 Å². The van der Waals surface area contributed by atoms with Crippen molar-refractivity contribution >= 4 is 6.29 Å². The van der Waals surface area contributed by atoms with Gasteiger partial charge in [-0.1, -0.05) is 38.3 Å². The normalized spacial score (nSPS) is 35.7. The first-order valence-electron chi connectivity index (χ1n) is 12.9. The predicted molar refractivity (Wildman–Crippen MR) is 123 cm³/mol. The molecular formula is C26H44O6. The lowest BCUT2D eigenvalue weighted by molar-refractivity contribution is -0.208. The van der Waals surface area contributed by atoms with Crippen LogP contribution in [0.4, 0.5) is 0 Å². The molecule has 2 saturated heterocycles. The highest BCUT2D eigenvalue weighted by molar-refractivity contribution is 5.50. The van der Waals surface area contributed by atoms with Gasteiger partial charge in [0.15, 0.2) is 12.6 Å². The van der Waals surface area contributed by atoms with Crippen LogP contribution < -0.4 is 0 Å². The number of carbonyl (C=O) groups is 1. The van der Waals surface area contributed by atoms with E-state index in [9.17, 15) is 9.90 Å². The molecule has 3 aliphatic rings. The molecule has 7 atom stereocenters. The van der Waals surface area contributed by atoms with Crippen LogP contribution in [-0.4, -0.2) is 55.0 Å². The van der Waals surface area contributed by atoms with Crippen LogP contribution in [0.2, 0.25) is 0 Å². The van der Waals surface area contributed by atoms with Crippen molar-refractivity contribution in [3.05, 3.63) is 12.2 Å². The smallest absolute Gasteiger partial charge is 0.158 e. The third kappa shape index (κ3) is 7.63. The van der Waals surface area contributed by atoms with Crippen LogP contribution >= 0.6 is 0 Å². The summed E-state index contributed by atoms with van der Waals surface area (Å²) in [7, 11) is 0. The van der Waals surface area contributed by atoms with Crippen molar-refractivity contribution in [3.8, 4) is 0 Å². The van der Waals surface area contributed by atoms with Gasteiger partial charge in [0, 0.05) is 37.9 Å². The third-order valence-corrected chi connectivity index (χ3v) is 7.21. The van der Waals surface area contributed by atoms with Crippen LogP contribution in [0.25, 0.3) is 0 Å². The fraction of sp³-hybridized carbons (Fsp3) is 0.885. The molecule has 0 radical (unpaired) electrons. The molecule has 6 heteroatoms. The van der Waals surface area contributed by atoms with E-state index in [2.05, 4.69) is 26.0 Å². The van der Waals surface area contributed by atoms with E-state index < -0.39 is 11.7 Å². The predicted octanol–water partition coefficient (Wildman–Crippen LogP) is 4.92. The highest BCUT2D eigenvalue weighted by atomic mass is 16.7. The van der Waals surface area contributed by atoms with Gasteiger partial charge in [-0.05, 0) is 51.9 Å². The van der Waals surface area contributed by atoms with Gasteiger partial charge in [-0.3, -0.25) is 0 Å². The van der Waals surface area contributed by atoms with E-state index in [-0.39, 0.29) is 30.5 Å². The summed E-state index contributed by atoms with van der Waals surface area (Å²) in [5.41, 5.74) is -0.442. The number of carbonyl (C=O) groups excluding carboxylic acids is 1. The van der Waals surface area contributed by atoms with Crippen LogP contribution in [0.3, 0.4) is 0 Å². The first-order valence-corrected chi connectivity index (χ1v) is 12.9. The Morgan fingerprint density at radius 1 is 1.06 bits per heavy atom. The Morgan fingerprint density at radius 2 is 1.78 bits per heavy atom. The molecule has 1 N–H and O–H groups in total. The Bertz CT molecular complexity index is 569. The van der Waals surface area contributed by atoms with Crippen molar-refractivity contribution in [2.24, 2.45) is 11.8 Å². The van der Waals surface area contributed by atoms with E-state index >= 15 is 0 Å². The van der Waals surface area contributed by atoms with Crippen molar-refractivity contribution in [3.63, 3.8) is 0 Å². The molecule has 0 spiro atoms. The van der Waals surface area contributed by atoms with Crippen LogP contribution in [0, 0.1) is 11.8 Å². The molecule has 0 aromatic heterocycles. The maximum absolute atomic E-state index is 11.3. The Morgan fingerprint density at radius 3 is 2.41 bits per heavy atom. The molecule has 1 saturated carbocycles. The molecule has 3 rings (SSSR count). The Hall–Kier alpha value is -0.790. The fourth-order valence-electron chi connectivity index (χ4n) is 5.28. The summed E-state index contributed by atoms with van der Waals surface area (Å²) in [6, 6.07) is 0. The number of hydrogen-bond donors (Lipinski definition) is 1. The lowest BCUT2D eigenvalue weighted by Crippen LogP contribution is -2.36. The zero-order valence-corrected chi connectivity index (χ0v) is 20.1. The number of unbranched alkanes of at least 4 members (excludes halogenated alkanes) is 2. The average molecular weight is 453 g/mol. The number of aldehydes is 1. The Labute approximate surface area is 194 Å². The number of aliphatic hydroxyl groups excluding tert-OH is 1. The van der Waals surface area contributed by atoms with Crippen molar-refractivity contribution < 1.29 is 28.8 Å². The van der Waals surface area contributed by atoms with Crippen LogP contribution in [-0.2, 0) is 23.7 Å². The molecule has 0 aromatic rings. The minimum absolute atomic E-state index is 0.0397. The van der Waals surface area contributed by atoms with Crippen molar-refractivity contribution in [2.45, 2.75) is 121 Å². The highest BCUT2D eigenvalue weighted by Crippen LogP contribution is 2.39. The monoisotopic (exact) mass is 452 g/mol. The van der Waals surface area contributed by atoms with Gasteiger partial charge >= 0.3 is 0 Å². The number of ether oxygens (including phenoxy) is 4. The highest BCUT2D eigenvalue weighted by Gasteiger charge is 2.43. The summed E-state index contributed by atoms with van der Waals surface area (Å²) in [6.45, 7) is 5.82. The molecule has 32 heavy (non-hydrogen) atoms. The summed E-state index contributed by atoms with van der Waals surface area (Å²) < 4.78 is 24.5. The Balaban J connectivity index is 1.73. The third-order valence-electron chi connectivity index (χ3n) is 7.21. The zero-order valence-electron chi connectivity index (χ0n) is 20.1. The van der Waals surface area contributed by atoms with Crippen molar-refractivity contribution in [1.82, 2.24) is 0 Å². The summed E-state index contributed by atoms with van der Waals surface area (Å²) in [4.78, 5) is 11.3. The minimum Gasteiger partial charge on any atom is -0.393 e. The molecule has 0 amide bonds. The lowest BCUT2D eigenvalue weighted by Gasteiger charge is -2.34. The van der Waals surface area contributed by atoms with Gasteiger partial charge in [0.05, 0.1) is 17.8 Å².